The first-order valence-corrected chi connectivity index (χ1v) is 7.43. The molecule has 0 saturated carbocycles. The van der Waals surface area contributed by atoms with Crippen LogP contribution in [0.1, 0.15) is 29.6 Å². The van der Waals surface area contributed by atoms with E-state index in [0.29, 0.717) is 18.5 Å². The molecular formula is C16H18N4O2. The Hall–Kier alpha value is -2.63. The van der Waals surface area contributed by atoms with Gasteiger partial charge >= 0.3 is 0 Å². The van der Waals surface area contributed by atoms with E-state index < -0.39 is 6.04 Å². The quantitative estimate of drug-likeness (QED) is 0.896. The smallest absolute Gasteiger partial charge is 0.255 e. The summed E-state index contributed by atoms with van der Waals surface area (Å²) < 4.78 is 1.64. The van der Waals surface area contributed by atoms with Gasteiger partial charge in [-0.3, -0.25) is 9.59 Å². The van der Waals surface area contributed by atoms with Crippen LogP contribution < -0.4 is 10.6 Å². The molecule has 114 valence electrons. The molecule has 0 unspecified atom stereocenters. The summed E-state index contributed by atoms with van der Waals surface area (Å²) in [4.78, 5) is 24.1. The summed E-state index contributed by atoms with van der Waals surface area (Å²) >= 11 is 0. The lowest BCUT2D eigenvalue weighted by atomic mass is 10.1. The molecule has 1 atom stereocenters. The summed E-state index contributed by atoms with van der Waals surface area (Å²) in [5, 5.41) is 9.79. The fraction of sp³-hybridized carbons (Fsp3) is 0.312. The van der Waals surface area contributed by atoms with E-state index in [1.54, 1.807) is 10.9 Å². The average molecular weight is 298 g/mol. The van der Waals surface area contributed by atoms with Gasteiger partial charge < -0.3 is 10.6 Å². The number of carbonyl (C=O) groups is 2. The van der Waals surface area contributed by atoms with Crippen LogP contribution >= 0.6 is 0 Å². The second kappa shape index (κ2) is 6.43. The normalized spacial score (nSPS) is 18.4. The van der Waals surface area contributed by atoms with E-state index in [1.165, 1.54) is 6.20 Å². The zero-order valence-electron chi connectivity index (χ0n) is 12.2. The van der Waals surface area contributed by atoms with Gasteiger partial charge in [-0.1, -0.05) is 18.2 Å². The van der Waals surface area contributed by atoms with E-state index in [9.17, 15) is 9.59 Å². The van der Waals surface area contributed by atoms with Gasteiger partial charge in [-0.2, -0.15) is 5.10 Å². The van der Waals surface area contributed by atoms with Crippen molar-refractivity contribution in [3.05, 3.63) is 48.3 Å². The van der Waals surface area contributed by atoms with Crippen LogP contribution in [0.3, 0.4) is 0 Å². The molecule has 1 saturated heterocycles. The summed E-state index contributed by atoms with van der Waals surface area (Å²) in [5.74, 6) is -0.384. The number of rotatable bonds is 3. The predicted octanol–water partition coefficient (Wildman–Crippen LogP) is 1.27. The van der Waals surface area contributed by atoms with Crippen molar-refractivity contribution in [2.45, 2.75) is 25.3 Å². The van der Waals surface area contributed by atoms with E-state index in [-0.39, 0.29) is 11.8 Å². The lowest BCUT2D eigenvalue weighted by Gasteiger charge is -2.14. The molecule has 6 heteroatoms. The third-order valence-corrected chi connectivity index (χ3v) is 3.71. The molecule has 1 aliphatic rings. The van der Waals surface area contributed by atoms with Crippen molar-refractivity contribution in [1.29, 1.82) is 0 Å². The van der Waals surface area contributed by atoms with Crippen molar-refractivity contribution in [1.82, 2.24) is 20.4 Å². The number of hydrogen-bond donors (Lipinski definition) is 2. The summed E-state index contributed by atoms with van der Waals surface area (Å²) in [5.41, 5.74) is 1.33. The lowest BCUT2D eigenvalue weighted by molar-refractivity contribution is -0.122. The van der Waals surface area contributed by atoms with Gasteiger partial charge in [-0.05, 0) is 31.4 Å². The molecule has 1 fully saturated rings. The van der Waals surface area contributed by atoms with Gasteiger partial charge in [0.05, 0.1) is 17.4 Å². The van der Waals surface area contributed by atoms with Crippen LogP contribution in [0.4, 0.5) is 0 Å². The molecule has 0 bridgehead atoms. The van der Waals surface area contributed by atoms with Gasteiger partial charge in [-0.15, -0.1) is 0 Å². The monoisotopic (exact) mass is 298 g/mol. The topological polar surface area (TPSA) is 76.0 Å². The van der Waals surface area contributed by atoms with Crippen molar-refractivity contribution in [3.8, 4) is 5.69 Å². The van der Waals surface area contributed by atoms with Crippen molar-refractivity contribution in [3.63, 3.8) is 0 Å². The number of para-hydroxylation sites is 1. The number of benzene rings is 1. The highest BCUT2D eigenvalue weighted by Gasteiger charge is 2.23. The summed E-state index contributed by atoms with van der Waals surface area (Å²) in [7, 11) is 0. The maximum Gasteiger partial charge on any atom is 0.255 e. The lowest BCUT2D eigenvalue weighted by Crippen LogP contribution is -2.45. The van der Waals surface area contributed by atoms with Crippen LogP contribution in [0.2, 0.25) is 0 Å². The Labute approximate surface area is 128 Å². The molecule has 6 nitrogen and oxygen atoms in total. The highest BCUT2D eigenvalue weighted by Crippen LogP contribution is 2.09. The Morgan fingerprint density at radius 2 is 2.09 bits per heavy atom. The minimum absolute atomic E-state index is 0.110. The number of amides is 2. The van der Waals surface area contributed by atoms with Crippen LogP contribution in [0, 0.1) is 0 Å². The SMILES string of the molecule is O=C(N[C@@H]1CCCCNC1=O)c1cnn(-c2ccccc2)c1. The number of nitrogens with zero attached hydrogens (tertiary/aromatic N) is 2. The Bertz CT molecular complexity index is 666. The molecule has 0 spiro atoms. The van der Waals surface area contributed by atoms with Gasteiger partial charge in [0, 0.05) is 12.7 Å². The minimum Gasteiger partial charge on any atom is -0.354 e. The molecule has 2 amide bonds. The van der Waals surface area contributed by atoms with Crippen LogP contribution in [0.5, 0.6) is 0 Å². The third kappa shape index (κ3) is 3.16. The summed E-state index contributed by atoms with van der Waals surface area (Å²) in [6.45, 7) is 0.678. The molecule has 3 rings (SSSR count). The first-order chi connectivity index (χ1) is 10.7. The molecule has 1 aromatic carbocycles. The summed E-state index contributed by atoms with van der Waals surface area (Å²) in [6, 6.07) is 9.10. The standard InChI is InChI=1S/C16H18N4O2/c21-15(19-14-8-4-5-9-17-16(14)22)12-10-18-20(11-12)13-6-2-1-3-7-13/h1-3,6-7,10-11,14H,4-5,8-9H2,(H,17,22)(H,19,21)/t14-/m1/s1. The van der Waals surface area contributed by atoms with Crippen LogP contribution in [-0.2, 0) is 4.79 Å². The molecular weight excluding hydrogens is 280 g/mol. The Balaban J connectivity index is 1.70. The molecule has 2 N–H and O–H groups in total. The van der Waals surface area contributed by atoms with Crippen LogP contribution in [0.25, 0.3) is 5.69 Å². The van der Waals surface area contributed by atoms with E-state index in [2.05, 4.69) is 15.7 Å². The second-order valence-electron chi connectivity index (χ2n) is 5.32. The zero-order chi connectivity index (χ0) is 15.4. The molecule has 0 aliphatic carbocycles. The van der Waals surface area contributed by atoms with E-state index in [0.717, 1.165) is 18.5 Å². The van der Waals surface area contributed by atoms with Gasteiger partial charge in [0.2, 0.25) is 5.91 Å². The van der Waals surface area contributed by atoms with Gasteiger partial charge in [0.1, 0.15) is 6.04 Å². The second-order valence-corrected chi connectivity index (χ2v) is 5.32. The number of carbonyl (C=O) groups excluding carboxylic acids is 2. The first-order valence-electron chi connectivity index (χ1n) is 7.43. The largest absolute Gasteiger partial charge is 0.354 e. The molecule has 1 aliphatic heterocycles. The molecule has 0 radical (unpaired) electrons. The van der Waals surface area contributed by atoms with E-state index in [4.69, 9.17) is 0 Å². The molecule has 1 aromatic heterocycles. The number of aromatic nitrogens is 2. The van der Waals surface area contributed by atoms with Crippen LogP contribution in [0.15, 0.2) is 42.7 Å². The van der Waals surface area contributed by atoms with Crippen LogP contribution in [-0.4, -0.2) is 34.2 Å². The third-order valence-electron chi connectivity index (χ3n) is 3.71. The van der Waals surface area contributed by atoms with Crippen molar-refractivity contribution in [2.75, 3.05) is 6.54 Å². The fourth-order valence-electron chi connectivity index (χ4n) is 2.48. The van der Waals surface area contributed by atoms with Crippen molar-refractivity contribution >= 4 is 11.8 Å². The Morgan fingerprint density at radius 1 is 1.27 bits per heavy atom. The Morgan fingerprint density at radius 3 is 2.91 bits per heavy atom. The minimum atomic E-state index is -0.463. The summed E-state index contributed by atoms with van der Waals surface area (Å²) in [6.07, 6.45) is 5.72. The van der Waals surface area contributed by atoms with Crippen molar-refractivity contribution in [2.24, 2.45) is 0 Å². The van der Waals surface area contributed by atoms with Gasteiger partial charge in [0.15, 0.2) is 0 Å². The maximum atomic E-state index is 12.3. The first kappa shape index (κ1) is 14.3. The maximum absolute atomic E-state index is 12.3. The predicted molar refractivity (Wildman–Crippen MR) is 81.7 cm³/mol. The number of hydrogen-bond acceptors (Lipinski definition) is 3. The van der Waals surface area contributed by atoms with E-state index >= 15 is 0 Å². The molecule has 22 heavy (non-hydrogen) atoms. The molecule has 2 heterocycles. The fourth-order valence-corrected chi connectivity index (χ4v) is 2.48. The van der Waals surface area contributed by atoms with Gasteiger partial charge in [-0.25, -0.2) is 4.68 Å². The van der Waals surface area contributed by atoms with Crippen molar-refractivity contribution < 1.29 is 9.59 Å². The highest BCUT2D eigenvalue weighted by atomic mass is 16.2. The Kier molecular flexibility index (Phi) is 4.18. The van der Waals surface area contributed by atoms with Gasteiger partial charge in [0.25, 0.3) is 5.91 Å². The highest BCUT2D eigenvalue weighted by molar-refractivity contribution is 5.97. The average Bonchev–Trinajstić information content (AvgIpc) is 2.96. The number of nitrogens with one attached hydrogen (secondary N) is 2. The van der Waals surface area contributed by atoms with E-state index in [1.807, 2.05) is 30.3 Å². The zero-order valence-corrected chi connectivity index (χ0v) is 12.2. The molecule has 2 aromatic rings.